The highest BCUT2D eigenvalue weighted by atomic mass is 35.5. The van der Waals surface area contributed by atoms with Gasteiger partial charge in [-0.25, -0.2) is 4.79 Å². The van der Waals surface area contributed by atoms with Gasteiger partial charge in [0, 0.05) is 30.3 Å². The number of hydrogen-bond acceptors (Lipinski definition) is 3. The Bertz CT molecular complexity index is 1290. The van der Waals surface area contributed by atoms with Crippen LogP contribution >= 0.6 is 23.2 Å². The molecule has 0 bridgehead atoms. The molecule has 0 saturated heterocycles. The average Bonchev–Trinajstić information content (AvgIpc) is 2.74. The lowest BCUT2D eigenvalue weighted by molar-refractivity contribution is -0.138. The first-order valence-corrected chi connectivity index (χ1v) is 10.4. The first-order chi connectivity index (χ1) is 15.5. The Hall–Kier alpha value is -2.97. The van der Waals surface area contributed by atoms with E-state index in [1.54, 1.807) is 6.92 Å². The van der Waals surface area contributed by atoms with E-state index in [1.165, 1.54) is 42.0 Å². The molecule has 1 aromatic heterocycles. The summed E-state index contributed by atoms with van der Waals surface area (Å²) >= 11 is 12.1. The Morgan fingerprint density at radius 2 is 1.79 bits per heavy atom. The van der Waals surface area contributed by atoms with Crippen LogP contribution in [0.5, 0.6) is 5.75 Å². The summed E-state index contributed by atoms with van der Waals surface area (Å²) in [5.74, 6) is -1.42. The average molecular weight is 500 g/mol. The summed E-state index contributed by atoms with van der Waals surface area (Å²) in [6.45, 7) is 1.88. The number of benzene rings is 2. The number of aromatic nitrogens is 1. The van der Waals surface area contributed by atoms with E-state index in [-0.39, 0.29) is 45.7 Å². The molecule has 1 N–H and O–H groups in total. The molecule has 2 aromatic carbocycles. The maximum atomic E-state index is 13.7. The van der Waals surface area contributed by atoms with E-state index in [4.69, 9.17) is 27.9 Å². The van der Waals surface area contributed by atoms with Crippen LogP contribution in [0.15, 0.2) is 47.3 Å². The molecule has 0 amide bonds. The van der Waals surface area contributed by atoms with Gasteiger partial charge in [0.25, 0.3) is 0 Å². The predicted molar refractivity (Wildman–Crippen MR) is 120 cm³/mol. The number of nitrogens with zero attached hydrogens (tertiary/aromatic N) is 1. The number of rotatable bonds is 6. The van der Waals surface area contributed by atoms with E-state index >= 15 is 0 Å². The number of carboxylic acid groups (broad SMARTS) is 1. The van der Waals surface area contributed by atoms with Crippen LogP contribution in [0.3, 0.4) is 0 Å². The summed E-state index contributed by atoms with van der Waals surface area (Å²) < 4.78 is 47.5. The lowest BCUT2D eigenvalue weighted by Crippen LogP contribution is -2.24. The molecule has 0 fully saturated rings. The van der Waals surface area contributed by atoms with Gasteiger partial charge in [-0.3, -0.25) is 4.79 Å². The standard InChI is InChI=1S/C23H18Cl2F3NO4/c1-3-29-14(8-12-4-6-15(33-2)11-16(12)23(26,27)28)10-19(30)20(22(31)32)21(29)13-5-7-17(24)18(25)9-13/h4-7,9-11H,3,8H2,1-2H3,(H,31,32). The van der Waals surface area contributed by atoms with Gasteiger partial charge in [0.1, 0.15) is 11.3 Å². The number of methoxy groups -OCH3 is 1. The highest BCUT2D eigenvalue weighted by Crippen LogP contribution is 2.36. The highest BCUT2D eigenvalue weighted by Gasteiger charge is 2.34. The molecule has 0 saturated carbocycles. The monoisotopic (exact) mass is 499 g/mol. The van der Waals surface area contributed by atoms with Crippen LogP contribution in [-0.2, 0) is 19.1 Å². The molecule has 174 valence electrons. The molecule has 0 radical (unpaired) electrons. The van der Waals surface area contributed by atoms with Crippen LogP contribution in [0.1, 0.15) is 34.1 Å². The van der Waals surface area contributed by atoms with Crippen molar-refractivity contribution in [2.45, 2.75) is 26.1 Å². The van der Waals surface area contributed by atoms with Crippen molar-refractivity contribution >= 4 is 29.2 Å². The van der Waals surface area contributed by atoms with Crippen LogP contribution in [0.4, 0.5) is 13.2 Å². The van der Waals surface area contributed by atoms with E-state index in [0.29, 0.717) is 5.56 Å². The number of alkyl halides is 3. The summed E-state index contributed by atoms with van der Waals surface area (Å²) in [5.41, 5.74) is -1.79. The van der Waals surface area contributed by atoms with E-state index in [0.717, 1.165) is 12.1 Å². The van der Waals surface area contributed by atoms with Crippen molar-refractivity contribution in [3.05, 3.63) is 85.1 Å². The SMILES string of the molecule is CCn1c(Cc2ccc(OC)cc2C(F)(F)F)cc(=O)c(C(=O)O)c1-c1ccc(Cl)c(Cl)c1. The van der Waals surface area contributed by atoms with Gasteiger partial charge in [0.05, 0.1) is 28.4 Å². The Kier molecular flexibility index (Phi) is 7.09. The lowest BCUT2D eigenvalue weighted by atomic mass is 9.98. The largest absolute Gasteiger partial charge is 0.497 e. The van der Waals surface area contributed by atoms with Crippen molar-refractivity contribution < 1.29 is 27.8 Å². The van der Waals surface area contributed by atoms with Gasteiger partial charge < -0.3 is 14.4 Å². The number of hydrogen-bond donors (Lipinski definition) is 1. The number of ether oxygens (including phenoxy) is 1. The fourth-order valence-corrected chi connectivity index (χ4v) is 3.95. The van der Waals surface area contributed by atoms with Crippen molar-refractivity contribution in [2.24, 2.45) is 0 Å². The Balaban J connectivity index is 2.29. The van der Waals surface area contributed by atoms with E-state index < -0.39 is 28.7 Å². The minimum Gasteiger partial charge on any atom is -0.497 e. The van der Waals surface area contributed by atoms with Crippen LogP contribution < -0.4 is 10.2 Å². The zero-order valence-electron chi connectivity index (χ0n) is 17.5. The highest BCUT2D eigenvalue weighted by molar-refractivity contribution is 6.42. The van der Waals surface area contributed by atoms with E-state index in [1.807, 2.05) is 0 Å². The van der Waals surface area contributed by atoms with Crippen molar-refractivity contribution in [2.75, 3.05) is 7.11 Å². The third kappa shape index (κ3) is 5.02. The molecule has 1 heterocycles. The molecule has 0 aliphatic heterocycles. The normalized spacial score (nSPS) is 11.5. The summed E-state index contributed by atoms with van der Waals surface area (Å²) in [6.07, 6.45) is -4.93. The quantitative estimate of drug-likeness (QED) is 0.441. The van der Waals surface area contributed by atoms with E-state index in [9.17, 15) is 27.9 Å². The number of carboxylic acids is 1. The molecular formula is C23H18Cl2F3NO4. The molecule has 33 heavy (non-hydrogen) atoms. The molecule has 0 atom stereocenters. The summed E-state index contributed by atoms with van der Waals surface area (Å²) in [6, 6.07) is 8.97. The smallest absolute Gasteiger partial charge is 0.416 e. The third-order valence-electron chi connectivity index (χ3n) is 5.11. The van der Waals surface area contributed by atoms with Gasteiger partial charge in [-0.2, -0.15) is 13.2 Å². The van der Waals surface area contributed by atoms with Crippen molar-refractivity contribution in [3.8, 4) is 17.0 Å². The molecule has 3 aromatic rings. The molecule has 5 nitrogen and oxygen atoms in total. The van der Waals surface area contributed by atoms with Gasteiger partial charge in [-0.15, -0.1) is 0 Å². The molecule has 0 aliphatic rings. The molecule has 0 unspecified atom stereocenters. The minimum absolute atomic E-state index is 0.0353. The maximum Gasteiger partial charge on any atom is 0.416 e. The molecular weight excluding hydrogens is 482 g/mol. The first-order valence-electron chi connectivity index (χ1n) is 9.67. The molecule has 10 heteroatoms. The second kappa shape index (κ2) is 9.49. The van der Waals surface area contributed by atoms with Gasteiger partial charge in [0.2, 0.25) is 0 Å². The van der Waals surface area contributed by atoms with Crippen molar-refractivity contribution in [3.63, 3.8) is 0 Å². The first kappa shape index (κ1) is 24.7. The second-order valence-electron chi connectivity index (χ2n) is 7.10. The topological polar surface area (TPSA) is 68.5 Å². The molecule has 0 spiro atoms. The maximum absolute atomic E-state index is 13.7. The number of halogens is 5. The van der Waals surface area contributed by atoms with Crippen molar-refractivity contribution in [1.29, 1.82) is 0 Å². The zero-order chi connectivity index (χ0) is 24.5. The number of carbonyl (C=O) groups is 1. The molecule has 3 rings (SSSR count). The predicted octanol–water partition coefficient (Wildman–Crippen LogP) is 6.16. The van der Waals surface area contributed by atoms with Crippen LogP contribution in [0, 0.1) is 0 Å². The van der Waals surface area contributed by atoms with E-state index in [2.05, 4.69) is 0 Å². The molecule has 0 aliphatic carbocycles. The van der Waals surface area contributed by atoms with Gasteiger partial charge in [-0.05, 0) is 36.8 Å². The summed E-state index contributed by atoms with van der Waals surface area (Å²) in [4.78, 5) is 24.7. The fourth-order valence-electron chi connectivity index (χ4n) is 3.65. The van der Waals surface area contributed by atoms with Crippen LogP contribution in [-0.4, -0.2) is 22.8 Å². The third-order valence-corrected chi connectivity index (χ3v) is 5.85. The summed E-state index contributed by atoms with van der Waals surface area (Å²) in [5, 5.41) is 10.1. The van der Waals surface area contributed by atoms with Gasteiger partial charge in [-0.1, -0.05) is 35.3 Å². The second-order valence-corrected chi connectivity index (χ2v) is 7.91. The number of aromatic carboxylic acids is 1. The van der Waals surface area contributed by atoms with Crippen LogP contribution in [0.25, 0.3) is 11.3 Å². The minimum atomic E-state index is -4.66. The lowest BCUT2D eigenvalue weighted by Gasteiger charge is -2.21. The zero-order valence-corrected chi connectivity index (χ0v) is 19.0. The Morgan fingerprint density at radius 3 is 2.33 bits per heavy atom. The fraction of sp³-hybridized carbons (Fsp3) is 0.217. The summed E-state index contributed by atoms with van der Waals surface area (Å²) in [7, 11) is 1.26. The van der Waals surface area contributed by atoms with Gasteiger partial charge in [0.15, 0.2) is 5.43 Å². The van der Waals surface area contributed by atoms with Crippen LogP contribution in [0.2, 0.25) is 10.0 Å². The Morgan fingerprint density at radius 1 is 1.09 bits per heavy atom. The van der Waals surface area contributed by atoms with Gasteiger partial charge >= 0.3 is 12.1 Å². The number of pyridine rings is 1. The van der Waals surface area contributed by atoms with Crippen molar-refractivity contribution in [1.82, 2.24) is 4.57 Å². The Labute approximate surface area is 196 Å².